The predicted molar refractivity (Wildman–Crippen MR) is 150 cm³/mol. The van der Waals surface area contributed by atoms with Crippen LogP contribution in [-0.2, 0) is 33.2 Å². The maximum atomic E-state index is 13.6. The minimum atomic E-state index is -4.98. The molecular weight excluding hydrogens is 598 g/mol. The molecule has 1 atom stereocenters. The van der Waals surface area contributed by atoms with Crippen LogP contribution in [0.2, 0.25) is 0 Å². The maximum absolute atomic E-state index is 13.6. The Labute approximate surface area is 247 Å². The molecule has 5 rings (SSSR count). The Morgan fingerprint density at radius 2 is 1.84 bits per heavy atom. The molecule has 43 heavy (non-hydrogen) atoms. The zero-order valence-corrected chi connectivity index (χ0v) is 24.2. The Morgan fingerprint density at radius 1 is 1.07 bits per heavy atom. The number of benzene rings is 2. The van der Waals surface area contributed by atoms with Gasteiger partial charge in [-0.2, -0.15) is 36.4 Å². The van der Waals surface area contributed by atoms with E-state index in [-0.39, 0.29) is 35.8 Å². The Balaban J connectivity index is 1.30. The van der Waals surface area contributed by atoms with E-state index in [2.05, 4.69) is 10.1 Å². The fraction of sp³-hybridized carbons (Fsp3) is 0.414. The number of halogens is 6. The van der Waals surface area contributed by atoms with Crippen molar-refractivity contribution in [2.24, 2.45) is 4.99 Å². The summed E-state index contributed by atoms with van der Waals surface area (Å²) in [6.45, 7) is 7.51. The number of carbonyl (C=O) groups is 1. The molecule has 0 saturated carbocycles. The van der Waals surface area contributed by atoms with Gasteiger partial charge in [0, 0.05) is 18.5 Å². The van der Waals surface area contributed by atoms with Crippen LogP contribution >= 0.6 is 11.8 Å². The van der Waals surface area contributed by atoms with Crippen molar-refractivity contribution in [3.63, 3.8) is 0 Å². The molecular formula is C29H28F6N4O3S. The van der Waals surface area contributed by atoms with Gasteiger partial charge in [0.05, 0.1) is 59.2 Å². The Kier molecular flexibility index (Phi) is 8.40. The Morgan fingerprint density at radius 3 is 2.53 bits per heavy atom. The molecule has 1 unspecified atom stereocenters. The molecule has 7 nitrogen and oxygen atoms in total. The fourth-order valence-corrected chi connectivity index (χ4v) is 5.61. The summed E-state index contributed by atoms with van der Waals surface area (Å²) in [5.41, 5.74) is -2.25. The van der Waals surface area contributed by atoms with Crippen LogP contribution in [0.15, 0.2) is 52.5 Å². The van der Waals surface area contributed by atoms with E-state index in [1.54, 1.807) is 24.3 Å². The first-order chi connectivity index (χ1) is 20.1. The zero-order valence-electron chi connectivity index (χ0n) is 23.4. The highest BCUT2D eigenvalue weighted by atomic mass is 32.2. The van der Waals surface area contributed by atoms with Crippen LogP contribution < -0.4 is 0 Å². The van der Waals surface area contributed by atoms with Gasteiger partial charge in [-0.3, -0.25) is 9.48 Å². The molecule has 1 amide bonds. The molecule has 230 valence electrons. The summed E-state index contributed by atoms with van der Waals surface area (Å²) >= 11 is 1.25. The van der Waals surface area contributed by atoms with Crippen LogP contribution in [0.4, 0.5) is 26.3 Å². The fourth-order valence-electron chi connectivity index (χ4n) is 4.66. The summed E-state index contributed by atoms with van der Waals surface area (Å²) in [7, 11) is 0. The largest absolute Gasteiger partial charge is 0.416 e. The third kappa shape index (κ3) is 7.42. The molecule has 3 aromatic rings. The number of ether oxygens (including phenoxy) is 2. The summed E-state index contributed by atoms with van der Waals surface area (Å²) in [4.78, 5) is 19.3. The van der Waals surface area contributed by atoms with Gasteiger partial charge in [-0.25, -0.2) is 0 Å². The molecule has 0 bridgehead atoms. The highest BCUT2D eigenvalue weighted by Crippen LogP contribution is 2.38. The average molecular weight is 627 g/mol. The monoisotopic (exact) mass is 626 g/mol. The topological polar surface area (TPSA) is 69.0 Å². The van der Waals surface area contributed by atoms with E-state index in [4.69, 9.17) is 9.47 Å². The lowest BCUT2D eigenvalue weighted by molar-refractivity contribution is -0.143. The van der Waals surface area contributed by atoms with Gasteiger partial charge in [-0.05, 0) is 74.0 Å². The minimum Gasteiger partial charge on any atom is -0.373 e. The summed E-state index contributed by atoms with van der Waals surface area (Å²) in [5, 5.41) is 5.33. The number of aliphatic imine (C=N–C) groups is 1. The first kappa shape index (κ1) is 31.1. The molecule has 0 radical (unpaired) electrons. The first-order valence-electron chi connectivity index (χ1n) is 13.3. The third-order valence-electron chi connectivity index (χ3n) is 6.75. The van der Waals surface area contributed by atoms with Gasteiger partial charge < -0.3 is 14.4 Å². The highest BCUT2D eigenvalue weighted by Gasteiger charge is 2.38. The van der Waals surface area contributed by atoms with E-state index < -0.39 is 23.5 Å². The van der Waals surface area contributed by atoms with E-state index in [9.17, 15) is 31.1 Å². The number of rotatable bonds is 5. The highest BCUT2D eigenvalue weighted by molar-refractivity contribution is 8.18. The number of hydrogen-bond donors (Lipinski definition) is 0. The van der Waals surface area contributed by atoms with Gasteiger partial charge >= 0.3 is 12.4 Å². The number of amidine groups is 1. The number of hydrogen-bond acceptors (Lipinski definition) is 6. The molecule has 2 aromatic carbocycles. The predicted octanol–water partition coefficient (Wildman–Crippen LogP) is 6.61. The summed E-state index contributed by atoms with van der Waals surface area (Å²) in [6, 6.07) is 6.63. The average Bonchev–Trinajstić information content (AvgIpc) is 3.49. The summed E-state index contributed by atoms with van der Waals surface area (Å²) < 4.78 is 92.9. The smallest absolute Gasteiger partial charge is 0.373 e. The van der Waals surface area contributed by atoms with Crippen molar-refractivity contribution in [2.45, 2.75) is 51.4 Å². The van der Waals surface area contributed by atoms with Crippen LogP contribution in [0.1, 0.15) is 43.0 Å². The van der Waals surface area contributed by atoms with Crippen LogP contribution in [0, 0.1) is 0 Å². The maximum Gasteiger partial charge on any atom is 0.416 e. The van der Waals surface area contributed by atoms with Gasteiger partial charge in [-0.15, -0.1) is 0 Å². The van der Waals surface area contributed by atoms with Gasteiger partial charge in [0.25, 0.3) is 5.91 Å². The molecule has 2 aliphatic rings. The standard InChI is InChI=1S/C29H28F6N4O3S/c1-27(2,3)42-16-21-15-38(8-9-41-21)26-37-25(40)24(43-26)11-17-4-7-23-19(10-17)13-36-39(23)14-18-5-6-20(28(30,31)32)12-22(18)29(33,34)35/h4-7,10-13,21H,8-9,14-16H2,1-3H3/b24-11+. The van der Waals surface area contributed by atoms with E-state index in [1.807, 2.05) is 25.7 Å². The van der Waals surface area contributed by atoms with Gasteiger partial charge in [0.2, 0.25) is 0 Å². The van der Waals surface area contributed by atoms with Crippen molar-refractivity contribution in [2.75, 3.05) is 26.3 Å². The second-order valence-electron chi connectivity index (χ2n) is 11.2. The third-order valence-corrected chi connectivity index (χ3v) is 7.79. The quantitative estimate of drug-likeness (QED) is 0.235. The molecule has 3 heterocycles. The summed E-state index contributed by atoms with van der Waals surface area (Å²) in [5.74, 6) is -0.383. The van der Waals surface area contributed by atoms with E-state index in [0.29, 0.717) is 58.9 Å². The molecule has 1 aromatic heterocycles. The van der Waals surface area contributed by atoms with Crippen molar-refractivity contribution in [1.82, 2.24) is 14.7 Å². The Hall–Kier alpha value is -3.36. The van der Waals surface area contributed by atoms with Crippen LogP contribution in [0.25, 0.3) is 17.0 Å². The number of alkyl halides is 6. The molecule has 14 heteroatoms. The van der Waals surface area contributed by atoms with Crippen molar-refractivity contribution >= 4 is 39.8 Å². The normalized spacial score (nSPS) is 19.5. The lowest BCUT2D eigenvalue weighted by Gasteiger charge is -2.34. The number of amides is 1. The minimum absolute atomic E-state index is 0.120. The molecule has 1 fully saturated rings. The van der Waals surface area contributed by atoms with Crippen molar-refractivity contribution in [3.8, 4) is 0 Å². The number of nitrogens with zero attached hydrogens (tertiary/aromatic N) is 4. The van der Waals surface area contributed by atoms with Crippen LogP contribution in [-0.4, -0.2) is 63.8 Å². The van der Waals surface area contributed by atoms with E-state index in [1.165, 1.54) is 22.6 Å². The molecule has 2 aliphatic heterocycles. The lowest BCUT2D eigenvalue weighted by atomic mass is 10.0. The van der Waals surface area contributed by atoms with E-state index >= 15 is 0 Å². The number of carbonyl (C=O) groups excluding carboxylic acids is 1. The number of aromatic nitrogens is 2. The number of thioether (sulfide) groups is 1. The van der Waals surface area contributed by atoms with Crippen molar-refractivity contribution in [3.05, 3.63) is 69.8 Å². The van der Waals surface area contributed by atoms with Crippen molar-refractivity contribution < 1.29 is 40.6 Å². The van der Waals surface area contributed by atoms with Gasteiger partial charge in [0.15, 0.2) is 5.17 Å². The van der Waals surface area contributed by atoms with Gasteiger partial charge in [-0.1, -0.05) is 12.1 Å². The van der Waals surface area contributed by atoms with E-state index in [0.717, 1.165) is 6.07 Å². The SMILES string of the molecule is CC(C)(C)OCC1CN(C2=NC(=O)/C(=C\c3ccc4c(cnn4Cc4ccc(C(F)(F)F)cc4C(F)(F)F)c3)S2)CCO1. The molecule has 0 N–H and O–H groups in total. The Bertz CT molecular complexity index is 1590. The molecule has 1 saturated heterocycles. The second kappa shape index (κ2) is 11.6. The molecule has 0 spiro atoms. The van der Waals surface area contributed by atoms with Crippen LogP contribution in [0.5, 0.6) is 0 Å². The first-order valence-corrected chi connectivity index (χ1v) is 14.1. The van der Waals surface area contributed by atoms with Gasteiger partial charge in [0.1, 0.15) is 0 Å². The summed E-state index contributed by atoms with van der Waals surface area (Å²) in [6.07, 6.45) is -6.91. The second-order valence-corrected chi connectivity index (χ2v) is 12.2. The van der Waals surface area contributed by atoms with Crippen molar-refractivity contribution in [1.29, 1.82) is 0 Å². The van der Waals surface area contributed by atoms with Crippen LogP contribution in [0.3, 0.4) is 0 Å². The number of morpholine rings is 1. The lowest BCUT2D eigenvalue weighted by Crippen LogP contribution is -2.46. The zero-order chi connectivity index (χ0) is 31.2. The number of fused-ring (bicyclic) bond motifs is 1. The molecule has 0 aliphatic carbocycles.